The molecule has 0 spiro atoms. The lowest BCUT2D eigenvalue weighted by Gasteiger charge is -2.08. The Morgan fingerprint density at radius 3 is 2.95 bits per heavy atom. The van der Waals surface area contributed by atoms with Crippen molar-refractivity contribution in [3.05, 3.63) is 59.6 Å². The maximum absolute atomic E-state index is 11.7. The summed E-state index contributed by atoms with van der Waals surface area (Å²) >= 11 is 5.98. The lowest BCUT2D eigenvalue weighted by Crippen LogP contribution is -2.28. The predicted molar refractivity (Wildman–Crippen MR) is 85.0 cm³/mol. The van der Waals surface area contributed by atoms with E-state index >= 15 is 0 Å². The van der Waals surface area contributed by atoms with E-state index in [1.54, 1.807) is 12.1 Å². The second-order valence-corrected chi connectivity index (χ2v) is 5.18. The average molecular weight is 317 g/mol. The number of benzene rings is 1. The van der Waals surface area contributed by atoms with Gasteiger partial charge in [-0.2, -0.15) is 0 Å². The molecule has 0 saturated carbocycles. The molecular formula is C16H15ClN3O2+. The minimum atomic E-state index is -0.218. The van der Waals surface area contributed by atoms with E-state index in [0.717, 1.165) is 16.6 Å². The first kappa shape index (κ1) is 14.4. The van der Waals surface area contributed by atoms with Crippen LogP contribution in [0.2, 0.25) is 5.02 Å². The van der Waals surface area contributed by atoms with Gasteiger partial charge in [-0.25, -0.2) is 4.98 Å². The zero-order valence-electron chi connectivity index (χ0n) is 11.7. The van der Waals surface area contributed by atoms with Crippen molar-refractivity contribution in [1.29, 1.82) is 0 Å². The van der Waals surface area contributed by atoms with Crippen LogP contribution < -0.4 is 15.6 Å². The highest BCUT2D eigenvalue weighted by Crippen LogP contribution is 2.22. The molecule has 3 N–H and O–H groups in total. The van der Waals surface area contributed by atoms with Crippen LogP contribution in [0.5, 0.6) is 0 Å². The summed E-state index contributed by atoms with van der Waals surface area (Å²) in [6.07, 6.45) is 3.33. The number of aromatic amines is 1. The highest BCUT2D eigenvalue weighted by atomic mass is 35.5. The Bertz CT molecular complexity index is 787. The molecule has 1 amide bonds. The van der Waals surface area contributed by atoms with Crippen LogP contribution in [0, 0.1) is 0 Å². The number of furan rings is 1. The maximum atomic E-state index is 11.7. The summed E-state index contributed by atoms with van der Waals surface area (Å²) in [7, 11) is 0. The van der Waals surface area contributed by atoms with Crippen LogP contribution in [0.1, 0.15) is 10.6 Å². The van der Waals surface area contributed by atoms with Gasteiger partial charge in [-0.05, 0) is 24.3 Å². The molecule has 0 radical (unpaired) electrons. The summed E-state index contributed by atoms with van der Waals surface area (Å²) in [5.41, 5.74) is 1.94. The van der Waals surface area contributed by atoms with Gasteiger partial charge in [-0.1, -0.05) is 11.6 Å². The van der Waals surface area contributed by atoms with Crippen LogP contribution >= 0.6 is 11.6 Å². The third kappa shape index (κ3) is 3.20. The molecule has 2 heterocycles. The molecule has 112 valence electrons. The maximum Gasteiger partial charge on any atom is 0.287 e. The van der Waals surface area contributed by atoms with Gasteiger partial charge in [-0.15, -0.1) is 0 Å². The van der Waals surface area contributed by atoms with E-state index in [4.69, 9.17) is 16.0 Å². The summed E-state index contributed by atoms with van der Waals surface area (Å²) in [5.74, 6) is 0.0965. The van der Waals surface area contributed by atoms with Crippen molar-refractivity contribution in [2.75, 3.05) is 18.4 Å². The zero-order chi connectivity index (χ0) is 15.4. The van der Waals surface area contributed by atoms with Gasteiger partial charge in [0.15, 0.2) is 12.0 Å². The molecule has 0 aliphatic heterocycles. The molecule has 0 bridgehead atoms. The highest BCUT2D eigenvalue weighted by Gasteiger charge is 2.08. The van der Waals surface area contributed by atoms with Crippen LogP contribution in [0.4, 0.5) is 5.69 Å². The quantitative estimate of drug-likeness (QED) is 0.711. The Morgan fingerprint density at radius 1 is 1.23 bits per heavy atom. The van der Waals surface area contributed by atoms with E-state index < -0.39 is 0 Å². The van der Waals surface area contributed by atoms with E-state index in [2.05, 4.69) is 15.6 Å². The third-order valence-corrected chi connectivity index (χ3v) is 3.47. The second-order valence-electron chi connectivity index (χ2n) is 4.74. The van der Waals surface area contributed by atoms with Crippen LogP contribution in [-0.2, 0) is 0 Å². The Morgan fingerprint density at radius 2 is 2.14 bits per heavy atom. The Hall–Kier alpha value is -2.53. The van der Waals surface area contributed by atoms with E-state index in [0.29, 0.717) is 23.9 Å². The van der Waals surface area contributed by atoms with Crippen LogP contribution in [0.25, 0.3) is 10.9 Å². The van der Waals surface area contributed by atoms with Crippen molar-refractivity contribution in [1.82, 2.24) is 5.32 Å². The minimum absolute atomic E-state index is 0.218. The first-order valence-corrected chi connectivity index (χ1v) is 7.27. The van der Waals surface area contributed by atoms with Crippen molar-refractivity contribution in [3.8, 4) is 0 Å². The number of carbonyl (C=O) groups is 1. The van der Waals surface area contributed by atoms with Crippen LogP contribution in [0.15, 0.2) is 53.3 Å². The Balaban J connectivity index is 1.59. The van der Waals surface area contributed by atoms with Crippen molar-refractivity contribution >= 4 is 34.1 Å². The van der Waals surface area contributed by atoms with Crippen LogP contribution in [-0.4, -0.2) is 19.0 Å². The van der Waals surface area contributed by atoms with Crippen LogP contribution in [0.3, 0.4) is 0 Å². The molecule has 0 unspecified atom stereocenters. The topological polar surface area (TPSA) is 68.4 Å². The van der Waals surface area contributed by atoms with Gasteiger partial charge in [0.05, 0.1) is 17.3 Å². The number of carbonyl (C=O) groups excluding carboxylic acids is 1. The number of amides is 1. The number of fused-ring (bicyclic) bond motifs is 1. The monoisotopic (exact) mass is 316 g/mol. The van der Waals surface area contributed by atoms with Gasteiger partial charge in [0.1, 0.15) is 0 Å². The summed E-state index contributed by atoms with van der Waals surface area (Å²) in [4.78, 5) is 14.9. The van der Waals surface area contributed by atoms with E-state index in [9.17, 15) is 4.79 Å². The third-order valence-electron chi connectivity index (χ3n) is 3.23. The molecule has 3 aromatic rings. The fourth-order valence-electron chi connectivity index (χ4n) is 2.20. The fourth-order valence-corrected chi connectivity index (χ4v) is 2.37. The first-order valence-electron chi connectivity index (χ1n) is 6.89. The molecule has 1 aromatic carbocycles. The lowest BCUT2D eigenvalue weighted by molar-refractivity contribution is -0.344. The highest BCUT2D eigenvalue weighted by molar-refractivity contribution is 6.31. The second kappa shape index (κ2) is 6.49. The number of hydrogen-bond donors (Lipinski definition) is 2. The molecule has 3 rings (SSSR count). The lowest BCUT2D eigenvalue weighted by atomic mass is 10.2. The number of hydrogen-bond acceptors (Lipinski definition) is 3. The molecule has 0 atom stereocenters. The molecule has 22 heavy (non-hydrogen) atoms. The van der Waals surface area contributed by atoms with E-state index in [1.165, 1.54) is 6.26 Å². The molecule has 6 heteroatoms. The smallest absolute Gasteiger partial charge is 0.287 e. The Labute approximate surface area is 132 Å². The zero-order valence-corrected chi connectivity index (χ0v) is 12.5. The number of anilines is 1. The first-order chi connectivity index (χ1) is 10.7. The van der Waals surface area contributed by atoms with E-state index in [1.807, 2.05) is 30.5 Å². The molecule has 5 nitrogen and oxygen atoms in total. The van der Waals surface area contributed by atoms with Crippen molar-refractivity contribution in [2.24, 2.45) is 0 Å². The Kier molecular flexibility index (Phi) is 4.25. The summed E-state index contributed by atoms with van der Waals surface area (Å²) in [6.45, 7) is 1.10. The largest absolute Gasteiger partial charge is 0.459 e. The van der Waals surface area contributed by atoms with Crippen molar-refractivity contribution < 1.29 is 14.2 Å². The standard InChI is InChI=1S/C16H14ClN3O2/c17-11-3-4-12-13(5-6-18-14(12)10-11)19-7-8-20-16(21)15-2-1-9-22-15/h1-6,9-10H,7-8H2,(H,18,19)(H,20,21)/p+1. The summed E-state index contributed by atoms with van der Waals surface area (Å²) < 4.78 is 5.03. The van der Waals surface area contributed by atoms with Gasteiger partial charge in [0.25, 0.3) is 5.91 Å². The molecular weight excluding hydrogens is 302 g/mol. The molecule has 0 saturated heterocycles. The normalized spacial score (nSPS) is 10.6. The average Bonchev–Trinajstić information content (AvgIpc) is 3.05. The number of halogens is 1. The summed E-state index contributed by atoms with van der Waals surface area (Å²) in [5, 5.41) is 7.82. The van der Waals surface area contributed by atoms with Crippen molar-refractivity contribution in [2.45, 2.75) is 0 Å². The van der Waals surface area contributed by atoms with Gasteiger partial charge >= 0.3 is 0 Å². The number of pyridine rings is 1. The summed E-state index contributed by atoms with van der Waals surface area (Å²) in [6, 6.07) is 10.9. The molecule has 0 fully saturated rings. The molecule has 0 aliphatic carbocycles. The van der Waals surface area contributed by atoms with Crippen molar-refractivity contribution in [3.63, 3.8) is 0 Å². The number of nitrogens with one attached hydrogen (secondary N) is 3. The number of aromatic nitrogens is 1. The minimum Gasteiger partial charge on any atom is -0.459 e. The molecule has 2 aromatic heterocycles. The van der Waals surface area contributed by atoms with Gasteiger partial charge in [0.2, 0.25) is 5.52 Å². The van der Waals surface area contributed by atoms with Gasteiger partial charge < -0.3 is 15.1 Å². The number of H-pyrrole nitrogens is 1. The van der Waals surface area contributed by atoms with Gasteiger partial charge in [0, 0.05) is 30.2 Å². The SMILES string of the molecule is O=C(NCCNc1cc[nH+]c2cc(Cl)ccc12)c1ccco1. The predicted octanol–water partition coefficient (Wildman–Crippen LogP) is 2.74. The fraction of sp³-hybridized carbons (Fsp3) is 0.125. The molecule has 0 aliphatic rings. The van der Waals surface area contributed by atoms with E-state index in [-0.39, 0.29) is 5.91 Å². The number of rotatable bonds is 5. The van der Waals surface area contributed by atoms with Gasteiger partial charge in [-0.3, -0.25) is 4.79 Å².